The molecular weight excluding hydrogens is 246 g/mol. The molecule has 0 saturated heterocycles. The van der Waals surface area contributed by atoms with Crippen molar-refractivity contribution in [1.29, 1.82) is 0 Å². The van der Waals surface area contributed by atoms with Crippen LogP contribution >= 0.6 is 0 Å². The maximum atomic E-state index is 11.0. The van der Waals surface area contributed by atoms with Gasteiger partial charge in [0, 0.05) is 6.07 Å². The zero-order chi connectivity index (χ0) is 14.0. The van der Waals surface area contributed by atoms with Gasteiger partial charge in [-0.25, -0.2) is 4.98 Å². The lowest BCUT2D eigenvalue weighted by molar-refractivity contribution is -0.384. The molecule has 0 saturated carbocycles. The predicted molar refractivity (Wildman–Crippen MR) is 71.1 cm³/mol. The number of nitro benzene ring substituents is 1. The molecule has 0 aliphatic rings. The van der Waals surface area contributed by atoms with E-state index in [-0.39, 0.29) is 5.69 Å². The monoisotopic (exact) mass is 261 g/mol. The minimum absolute atomic E-state index is 0.0556. The van der Waals surface area contributed by atoms with E-state index < -0.39 is 4.92 Å². The van der Waals surface area contributed by atoms with Crippen LogP contribution in [0.1, 0.15) is 22.9 Å². The molecule has 0 atom stereocenters. The summed E-state index contributed by atoms with van der Waals surface area (Å²) in [4.78, 5) is 14.8. The highest BCUT2D eigenvalue weighted by Crippen LogP contribution is 2.28. The van der Waals surface area contributed by atoms with Gasteiger partial charge in [-0.1, -0.05) is 12.1 Å². The second kappa shape index (κ2) is 5.09. The molecule has 0 spiro atoms. The van der Waals surface area contributed by atoms with Crippen molar-refractivity contribution in [2.75, 3.05) is 5.32 Å². The van der Waals surface area contributed by atoms with Crippen LogP contribution in [0.3, 0.4) is 0 Å². The standard InChI is InChI=1S/C13H15N3O3/c1-8-5-4-6-11(16(17)18)13(8)14-7-12-15-9(2)10(3)19-12/h4-6,14H,7H2,1-3H3. The lowest BCUT2D eigenvalue weighted by Crippen LogP contribution is -2.04. The molecule has 0 fully saturated rings. The Morgan fingerprint density at radius 3 is 2.68 bits per heavy atom. The first-order chi connectivity index (χ1) is 8.99. The lowest BCUT2D eigenvalue weighted by Gasteiger charge is -2.07. The van der Waals surface area contributed by atoms with Gasteiger partial charge in [-0.05, 0) is 26.3 Å². The molecule has 6 nitrogen and oxygen atoms in total. The van der Waals surface area contributed by atoms with Crippen LogP contribution in [0, 0.1) is 30.9 Å². The number of benzene rings is 1. The Hall–Kier alpha value is -2.37. The average Bonchev–Trinajstić information content (AvgIpc) is 2.67. The van der Waals surface area contributed by atoms with E-state index in [0.717, 1.165) is 17.0 Å². The molecule has 0 bridgehead atoms. The van der Waals surface area contributed by atoms with E-state index in [0.29, 0.717) is 18.1 Å². The topological polar surface area (TPSA) is 81.2 Å². The van der Waals surface area contributed by atoms with Crippen molar-refractivity contribution in [3.05, 3.63) is 51.2 Å². The number of nitrogens with zero attached hydrogens (tertiary/aromatic N) is 2. The molecule has 1 aromatic carbocycles. The van der Waals surface area contributed by atoms with E-state index >= 15 is 0 Å². The van der Waals surface area contributed by atoms with E-state index in [4.69, 9.17) is 4.42 Å². The third-order valence-electron chi connectivity index (χ3n) is 2.94. The van der Waals surface area contributed by atoms with Gasteiger partial charge < -0.3 is 9.73 Å². The molecule has 0 aliphatic heterocycles. The summed E-state index contributed by atoms with van der Waals surface area (Å²) in [5, 5.41) is 14.0. The second-order valence-electron chi connectivity index (χ2n) is 4.33. The number of rotatable bonds is 4. The third kappa shape index (κ3) is 2.73. The number of anilines is 1. The minimum Gasteiger partial charge on any atom is -0.444 e. The van der Waals surface area contributed by atoms with Crippen molar-refractivity contribution in [3.63, 3.8) is 0 Å². The highest BCUT2D eigenvalue weighted by Gasteiger charge is 2.16. The van der Waals surface area contributed by atoms with Crippen molar-refractivity contribution in [2.45, 2.75) is 27.3 Å². The average molecular weight is 261 g/mol. The number of oxazole rings is 1. The Morgan fingerprint density at radius 2 is 2.11 bits per heavy atom. The molecule has 0 unspecified atom stereocenters. The summed E-state index contributed by atoms with van der Waals surface area (Å²) in [6, 6.07) is 4.96. The maximum Gasteiger partial charge on any atom is 0.292 e. The van der Waals surface area contributed by atoms with Crippen molar-refractivity contribution >= 4 is 11.4 Å². The van der Waals surface area contributed by atoms with Crippen LogP contribution in [0.4, 0.5) is 11.4 Å². The van der Waals surface area contributed by atoms with Crippen LogP contribution in [0.15, 0.2) is 22.6 Å². The first-order valence-corrected chi connectivity index (χ1v) is 5.90. The summed E-state index contributed by atoms with van der Waals surface area (Å²) in [6.07, 6.45) is 0. The molecule has 19 heavy (non-hydrogen) atoms. The number of nitrogens with one attached hydrogen (secondary N) is 1. The minimum atomic E-state index is -0.401. The highest BCUT2D eigenvalue weighted by atomic mass is 16.6. The smallest absolute Gasteiger partial charge is 0.292 e. The molecule has 0 amide bonds. The number of aromatic nitrogens is 1. The molecule has 0 radical (unpaired) electrons. The summed E-state index contributed by atoms with van der Waals surface area (Å²) >= 11 is 0. The van der Waals surface area contributed by atoms with E-state index in [1.165, 1.54) is 6.07 Å². The Kier molecular flexibility index (Phi) is 3.50. The fourth-order valence-corrected chi connectivity index (χ4v) is 1.81. The van der Waals surface area contributed by atoms with Gasteiger partial charge >= 0.3 is 0 Å². The molecular formula is C13H15N3O3. The van der Waals surface area contributed by atoms with Crippen LogP contribution in [0.5, 0.6) is 0 Å². The van der Waals surface area contributed by atoms with E-state index in [9.17, 15) is 10.1 Å². The van der Waals surface area contributed by atoms with Crippen molar-refractivity contribution in [3.8, 4) is 0 Å². The SMILES string of the molecule is Cc1cccc([N+](=O)[O-])c1NCc1nc(C)c(C)o1. The second-order valence-corrected chi connectivity index (χ2v) is 4.33. The Bertz CT molecular complexity index is 600. The van der Waals surface area contributed by atoms with Crippen LogP contribution in [0.25, 0.3) is 0 Å². The number of hydrogen-bond donors (Lipinski definition) is 1. The lowest BCUT2D eigenvalue weighted by atomic mass is 10.1. The molecule has 1 aromatic heterocycles. The normalized spacial score (nSPS) is 10.5. The Labute approximate surface area is 110 Å². The Morgan fingerprint density at radius 1 is 1.37 bits per heavy atom. The molecule has 100 valence electrons. The van der Waals surface area contributed by atoms with Gasteiger partial charge in [-0.15, -0.1) is 0 Å². The van der Waals surface area contributed by atoms with E-state index in [1.807, 2.05) is 26.8 Å². The number of para-hydroxylation sites is 1. The van der Waals surface area contributed by atoms with Gasteiger partial charge in [0.1, 0.15) is 11.4 Å². The Balaban J connectivity index is 2.21. The van der Waals surface area contributed by atoms with Gasteiger partial charge in [0.15, 0.2) is 0 Å². The van der Waals surface area contributed by atoms with Gasteiger partial charge in [0.25, 0.3) is 5.69 Å². The summed E-state index contributed by atoms with van der Waals surface area (Å²) in [5.41, 5.74) is 2.20. The molecule has 0 aliphatic carbocycles. The molecule has 1 N–H and O–H groups in total. The van der Waals surface area contributed by atoms with Crippen molar-refractivity contribution in [1.82, 2.24) is 4.98 Å². The van der Waals surface area contributed by atoms with Crippen LogP contribution in [-0.2, 0) is 6.54 Å². The highest BCUT2D eigenvalue weighted by molar-refractivity contribution is 5.65. The van der Waals surface area contributed by atoms with Crippen molar-refractivity contribution in [2.24, 2.45) is 0 Å². The van der Waals surface area contributed by atoms with Crippen LogP contribution in [0.2, 0.25) is 0 Å². The fourth-order valence-electron chi connectivity index (χ4n) is 1.81. The summed E-state index contributed by atoms with van der Waals surface area (Å²) in [7, 11) is 0. The molecule has 2 rings (SSSR count). The van der Waals surface area contributed by atoms with Crippen LogP contribution < -0.4 is 5.32 Å². The number of hydrogen-bond acceptors (Lipinski definition) is 5. The fraction of sp³-hybridized carbons (Fsp3) is 0.308. The number of aryl methyl sites for hydroxylation is 3. The zero-order valence-corrected chi connectivity index (χ0v) is 11.1. The van der Waals surface area contributed by atoms with E-state index in [1.54, 1.807) is 6.07 Å². The first-order valence-electron chi connectivity index (χ1n) is 5.90. The summed E-state index contributed by atoms with van der Waals surface area (Å²) in [6.45, 7) is 5.84. The maximum absolute atomic E-state index is 11.0. The van der Waals surface area contributed by atoms with Crippen LogP contribution in [-0.4, -0.2) is 9.91 Å². The summed E-state index contributed by atoms with van der Waals surface area (Å²) < 4.78 is 5.43. The van der Waals surface area contributed by atoms with E-state index in [2.05, 4.69) is 10.3 Å². The zero-order valence-electron chi connectivity index (χ0n) is 11.1. The summed E-state index contributed by atoms with van der Waals surface area (Å²) in [5.74, 6) is 1.28. The molecule has 1 heterocycles. The van der Waals surface area contributed by atoms with Gasteiger partial charge in [0.05, 0.1) is 17.2 Å². The van der Waals surface area contributed by atoms with Gasteiger partial charge in [-0.2, -0.15) is 0 Å². The quantitative estimate of drug-likeness (QED) is 0.675. The largest absolute Gasteiger partial charge is 0.444 e. The first kappa shape index (κ1) is 13.1. The number of nitro groups is 1. The van der Waals surface area contributed by atoms with Gasteiger partial charge in [0.2, 0.25) is 5.89 Å². The van der Waals surface area contributed by atoms with Crippen molar-refractivity contribution < 1.29 is 9.34 Å². The molecule has 6 heteroatoms. The molecule has 2 aromatic rings. The predicted octanol–water partition coefficient (Wildman–Crippen LogP) is 3.12. The third-order valence-corrected chi connectivity index (χ3v) is 2.94. The van der Waals surface area contributed by atoms with Gasteiger partial charge in [-0.3, -0.25) is 10.1 Å².